The summed E-state index contributed by atoms with van der Waals surface area (Å²) in [7, 11) is 0. The average molecular weight is 690 g/mol. The van der Waals surface area contributed by atoms with Crippen molar-refractivity contribution in [2.75, 3.05) is 4.90 Å². The molecule has 0 amide bonds. The van der Waals surface area contributed by atoms with E-state index in [4.69, 9.17) is 4.42 Å². The molecule has 0 N–H and O–H groups in total. The van der Waals surface area contributed by atoms with Gasteiger partial charge in [-0.3, -0.25) is 0 Å². The molecule has 0 bridgehead atoms. The molecule has 2 nitrogen and oxygen atoms in total. The first-order valence-corrected chi connectivity index (χ1v) is 18.4. The molecule has 0 atom stereocenters. The van der Waals surface area contributed by atoms with Crippen molar-refractivity contribution < 1.29 is 4.42 Å². The van der Waals surface area contributed by atoms with Crippen molar-refractivity contribution in [3.8, 4) is 44.5 Å². The van der Waals surface area contributed by atoms with Crippen molar-refractivity contribution in [2.45, 2.75) is 0 Å². The molecule has 10 aromatic rings. The van der Waals surface area contributed by atoms with Gasteiger partial charge in [-0.25, -0.2) is 0 Å². The van der Waals surface area contributed by atoms with E-state index in [0.717, 1.165) is 61.1 Å². The van der Waals surface area contributed by atoms with E-state index in [1.807, 2.05) is 0 Å². The summed E-state index contributed by atoms with van der Waals surface area (Å²) in [6.07, 6.45) is 0. The molecular weight excluding hydrogens is 655 g/mol. The molecule has 0 radical (unpaired) electrons. The summed E-state index contributed by atoms with van der Waals surface area (Å²) in [6, 6.07) is 75.9. The van der Waals surface area contributed by atoms with Crippen molar-refractivity contribution in [3.63, 3.8) is 0 Å². The molecule has 1 heterocycles. The van der Waals surface area contributed by atoms with Gasteiger partial charge in [0.1, 0.15) is 11.2 Å². The Morgan fingerprint density at radius 3 is 1.59 bits per heavy atom. The van der Waals surface area contributed by atoms with Crippen LogP contribution in [0.2, 0.25) is 0 Å². The molecule has 54 heavy (non-hydrogen) atoms. The second-order valence-electron chi connectivity index (χ2n) is 13.7. The van der Waals surface area contributed by atoms with Crippen LogP contribution in [0.5, 0.6) is 0 Å². The third-order valence-electron chi connectivity index (χ3n) is 10.5. The van der Waals surface area contributed by atoms with Crippen LogP contribution < -0.4 is 4.90 Å². The van der Waals surface area contributed by atoms with Gasteiger partial charge in [0.15, 0.2) is 0 Å². The van der Waals surface area contributed by atoms with Gasteiger partial charge in [-0.15, -0.1) is 0 Å². The van der Waals surface area contributed by atoms with Crippen LogP contribution in [0, 0.1) is 0 Å². The maximum atomic E-state index is 6.51. The lowest BCUT2D eigenvalue weighted by Gasteiger charge is -2.30. The standard InChI is InChI=1S/C52H35NO/c1-3-14-36(15-4-1)40-19-13-20-41(34-40)37-26-30-43(31-27-37)53(49-24-11-9-21-44(49)38-16-5-2-6-17-38)50-25-12-10-22-45(50)42-29-33-51-48(35-42)47-32-28-39-18-7-8-23-46(39)52(47)54-51/h1-35H. The van der Waals surface area contributed by atoms with Crippen LogP contribution in [-0.2, 0) is 0 Å². The topological polar surface area (TPSA) is 16.4 Å². The number of fused-ring (bicyclic) bond motifs is 5. The van der Waals surface area contributed by atoms with Crippen LogP contribution in [-0.4, -0.2) is 0 Å². The van der Waals surface area contributed by atoms with E-state index in [-0.39, 0.29) is 0 Å². The summed E-state index contributed by atoms with van der Waals surface area (Å²) in [5.74, 6) is 0. The second-order valence-corrected chi connectivity index (χ2v) is 13.7. The lowest BCUT2D eigenvalue weighted by molar-refractivity contribution is 0.672. The van der Waals surface area contributed by atoms with Crippen molar-refractivity contribution in [1.29, 1.82) is 0 Å². The average Bonchev–Trinajstić information content (AvgIpc) is 3.64. The molecule has 0 spiro atoms. The van der Waals surface area contributed by atoms with E-state index < -0.39 is 0 Å². The van der Waals surface area contributed by atoms with Gasteiger partial charge in [-0.2, -0.15) is 0 Å². The van der Waals surface area contributed by atoms with E-state index in [9.17, 15) is 0 Å². The van der Waals surface area contributed by atoms with Gasteiger partial charge in [0.05, 0.1) is 11.4 Å². The second kappa shape index (κ2) is 13.4. The number of rotatable bonds is 7. The number of furan rings is 1. The van der Waals surface area contributed by atoms with Crippen LogP contribution in [0.4, 0.5) is 17.1 Å². The van der Waals surface area contributed by atoms with Crippen LogP contribution in [0.15, 0.2) is 217 Å². The molecule has 0 fully saturated rings. The minimum absolute atomic E-state index is 0.890. The third kappa shape index (κ3) is 5.62. The SMILES string of the molecule is c1ccc(-c2cccc(-c3ccc(N(c4ccccc4-c4ccccc4)c4ccccc4-c4ccc5oc6c7ccccc7ccc6c5c4)cc3)c2)cc1. The summed E-state index contributed by atoms with van der Waals surface area (Å²) < 4.78 is 6.51. The van der Waals surface area contributed by atoms with Crippen LogP contribution in [0.3, 0.4) is 0 Å². The van der Waals surface area contributed by atoms with Gasteiger partial charge < -0.3 is 9.32 Å². The zero-order valence-corrected chi connectivity index (χ0v) is 29.6. The van der Waals surface area contributed by atoms with E-state index in [2.05, 4.69) is 217 Å². The van der Waals surface area contributed by atoms with Gasteiger partial charge in [-0.05, 0) is 87.3 Å². The minimum atomic E-state index is 0.890. The smallest absolute Gasteiger partial charge is 0.143 e. The predicted octanol–water partition coefficient (Wildman–Crippen LogP) is 14.9. The number of hydrogen-bond donors (Lipinski definition) is 0. The zero-order chi connectivity index (χ0) is 35.8. The first-order chi connectivity index (χ1) is 26.8. The van der Waals surface area contributed by atoms with E-state index in [1.54, 1.807) is 0 Å². The number of nitrogens with zero attached hydrogens (tertiary/aromatic N) is 1. The Kier molecular flexibility index (Phi) is 7.85. The fraction of sp³-hybridized carbons (Fsp3) is 0. The quantitative estimate of drug-likeness (QED) is 0.166. The highest BCUT2D eigenvalue weighted by molar-refractivity contribution is 6.15. The number of para-hydroxylation sites is 2. The predicted molar refractivity (Wildman–Crippen MR) is 228 cm³/mol. The highest BCUT2D eigenvalue weighted by atomic mass is 16.3. The Hall–Kier alpha value is -7.16. The molecule has 0 saturated heterocycles. The molecule has 9 aromatic carbocycles. The van der Waals surface area contributed by atoms with E-state index in [0.29, 0.717) is 0 Å². The molecule has 10 rings (SSSR count). The Morgan fingerprint density at radius 1 is 0.315 bits per heavy atom. The van der Waals surface area contributed by atoms with E-state index in [1.165, 1.54) is 33.2 Å². The lowest BCUT2D eigenvalue weighted by Crippen LogP contribution is -2.12. The molecule has 0 saturated carbocycles. The Bertz CT molecular complexity index is 2920. The fourth-order valence-corrected chi connectivity index (χ4v) is 7.84. The van der Waals surface area contributed by atoms with Gasteiger partial charge in [-0.1, -0.05) is 164 Å². The Balaban J connectivity index is 1.13. The molecule has 0 aliphatic rings. The van der Waals surface area contributed by atoms with Gasteiger partial charge in [0.25, 0.3) is 0 Å². The van der Waals surface area contributed by atoms with Gasteiger partial charge in [0, 0.05) is 33.0 Å². The number of anilines is 3. The number of hydrogen-bond acceptors (Lipinski definition) is 2. The van der Waals surface area contributed by atoms with Crippen molar-refractivity contribution in [1.82, 2.24) is 0 Å². The molecule has 254 valence electrons. The van der Waals surface area contributed by atoms with Crippen molar-refractivity contribution in [3.05, 3.63) is 212 Å². The Labute approximate surface area is 314 Å². The van der Waals surface area contributed by atoms with Gasteiger partial charge >= 0.3 is 0 Å². The zero-order valence-electron chi connectivity index (χ0n) is 29.6. The van der Waals surface area contributed by atoms with Gasteiger partial charge in [0.2, 0.25) is 0 Å². The molecule has 0 aliphatic carbocycles. The summed E-state index contributed by atoms with van der Waals surface area (Å²) in [5.41, 5.74) is 14.5. The molecular formula is C52H35NO. The summed E-state index contributed by atoms with van der Waals surface area (Å²) in [5, 5.41) is 4.55. The molecule has 1 aromatic heterocycles. The minimum Gasteiger partial charge on any atom is -0.455 e. The molecule has 0 aliphatic heterocycles. The highest BCUT2D eigenvalue weighted by Gasteiger charge is 2.21. The highest BCUT2D eigenvalue weighted by Crippen LogP contribution is 2.46. The fourth-order valence-electron chi connectivity index (χ4n) is 7.84. The van der Waals surface area contributed by atoms with E-state index >= 15 is 0 Å². The summed E-state index contributed by atoms with van der Waals surface area (Å²) in [6.45, 7) is 0. The third-order valence-corrected chi connectivity index (χ3v) is 10.5. The van der Waals surface area contributed by atoms with Crippen LogP contribution in [0.1, 0.15) is 0 Å². The van der Waals surface area contributed by atoms with Crippen molar-refractivity contribution in [2.24, 2.45) is 0 Å². The largest absolute Gasteiger partial charge is 0.455 e. The molecule has 2 heteroatoms. The monoisotopic (exact) mass is 689 g/mol. The van der Waals surface area contributed by atoms with Crippen molar-refractivity contribution >= 4 is 49.8 Å². The maximum absolute atomic E-state index is 6.51. The summed E-state index contributed by atoms with van der Waals surface area (Å²) >= 11 is 0. The number of benzene rings is 9. The normalized spacial score (nSPS) is 11.3. The Morgan fingerprint density at radius 2 is 0.870 bits per heavy atom. The summed E-state index contributed by atoms with van der Waals surface area (Å²) in [4.78, 5) is 2.41. The lowest BCUT2D eigenvalue weighted by atomic mass is 9.97. The maximum Gasteiger partial charge on any atom is 0.143 e. The van der Waals surface area contributed by atoms with Crippen LogP contribution in [0.25, 0.3) is 77.2 Å². The first-order valence-electron chi connectivity index (χ1n) is 18.4. The van der Waals surface area contributed by atoms with Crippen LogP contribution >= 0.6 is 0 Å². The first kappa shape index (κ1) is 31.6. The molecule has 0 unspecified atom stereocenters.